The van der Waals surface area contributed by atoms with E-state index in [1.54, 1.807) is 0 Å². The lowest BCUT2D eigenvalue weighted by atomic mass is 9.81. The minimum atomic E-state index is -5.33. The second-order valence-electron chi connectivity index (χ2n) is 9.85. The van der Waals surface area contributed by atoms with Gasteiger partial charge in [-0.25, -0.2) is 17.1 Å². The van der Waals surface area contributed by atoms with Gasteiger partial charge in [0.05, 0.1) is 19.9 Å². The van der Waals surface area contributed by atoms with E-state index in [2.05, 4.69) is 4.74 Å². The van der Waals surface area contributed by atoms with Gasteiger partial charge in [0, 0.05) is 35.2 Å². The van der Waals surface area contributed by atoms with Crippen LogP contribution in [-0.4, -0.2) is 69.6 Å². The van der Waals surface area contributed by atoms with Crippen molar-refractivity contribution in [2.24, 2.45) is 0 Å². The molecule has 2 heterocycles. The first-order chi connectivity index (χ1) is 20.7. The Kier molecular flexibility index (Phi) is 7.93. The number of halogens is 5. The third kappa shape index (κ3) is 4.98. The van der Waals surface area contributed by atoms with Crippen molar-refractivity contribution in [3.05, 3.63) is 76.8 Å². The quantitative estimate of drug-likeness (QED) is 0.342. The van der Waals surface area contributed by atoms with Crippen LogP contribution in [0.4, 0.5) is 23.2 Å². The molecule has 0 spiro atoms. The number of ether oxygens (including phenoxy) is 3. The Hall–Kier alpha value is -4.08. The highest BCUT2D eigenvalue weighted by atomic mass is 35.5. The van der Waals surface area contributed by atoms with Gasteiger partial charge in [-0.2, -0.15) is 0 Å². The summed E-state index contributed by atoms with van der Waals surface area (Å²) in [5.74, 6) is -4.17. The number of carbonyl (C=O) groups is 2. The third-order valence-electron chi connectivity index (χ3n) is 7.42. The second-order valence-corrected chi connectivity index (χ2v) is 12.0. The van der Waals surface area contributed by atoms with Crippen LogP contribution in [0, 0.1) is 0 Å². The van der Waals surface area contributed by atoms with Crippen LogP contribution in [0.3, 0.4) is 0 Å². The highest BCUT2D eigenvalue weighted by Crippen LogP contribution is 2.55. The van der Waals surface area contributed by atoms with Crippen LogP contribution in [0.15, 0.2) is 65.6 Å². The SMILES string of the molecule is COc1ccc(S(=O)(=O)N2C(=O)C(c3ccccc3OC)(N3C[C@@H](F)C[C@H]3C(=O)O)c3cc(Cl)ccc32)c(OC(F)(F)F)c1. The zero-order valence-electron chi connectivity index (χ0n) is 22.8. The van der Waals surface area contributed by atoms with Gasteiger partial charge in [-0.05, 0) is 36.4 Å². The first-order valence-corrected chi connectivity index (χ1v) is 14.6. The summed E-state index contributed by atoms with van der Waals surface area (Å²) < 4.78 is 98.6. The number of carbonyl (C=O) groups excluding carboxylic acids is 1. The molecule has 0 bridgehead atoms. The zero-order chi connectivity index (χ0) is 32.2. The number of hydrogen-bond donors (Lipinski definition) is 1. The molecule has 1 amide bonds. The highest BCUT2D eigenvalue weighted by molar-refractivity contribution is 7.93. The normalized spacial score (nSPS) is 22.2. The van der Waals surface area contributed by atoms with Gasteiger partial charge in [0.1, 0.15) is 28.6 Å². The van der Waals surface area contributed by atoms with Crippen molar-refractivity contribution >= 4 is 39.2 Å². The number of rotatable bonds is 8. The molecule has 2 aliphatic heterocycles. The molecule has 3 atom stereocenters. The number of anilines is 1. The number of hydrogen-bond acceptors (Lipinski definition) is 8. The van der Waals surface area contributed by atoms with E-state index in [0.717, 1.165) is 30.2 Å². The maximum atomic E-state index is 15.0. The molecule has 0 aliphatic carbocycles. The summed E-state index contributed by atoms with van der Waals surface area (Å²) >= 11 is 6.33. The Morgan fingerprint density at radius 3 is 2.36 bits per heavy atom. The highest BCUT2D eigenvalue weighted by Gasteiger charge is 2.64. The molecule has 234 valence electrons. The summed E-state index contributed by atoms with van der Waals surface area (Å²) in [6, 6.07) is 10.3. The summed E-state index contributed by atoms with van der Waals surface area (Å²) in [6.45, 7) is -0.619. The Morgan fingerprint density at radius 2 is 1.73 bits per heavy atom. The summed E-state index contributed by atoms with van der Waals surface area (Å²) in [7, 11) is -2.87. The van der Waals surface area contributed by atoms with Crippen molar-refractivity contribution in [1.29, 1.82) is 0 Å². The van der Waals surface area contributed by atoms with E-state index < -0.39 is 69.6 Å². The number of nitrogens with zero attached hydrogens (tertiary/aromatic N) is 2. The predicted octanol–water partition coefficient (Wildman–Crippen LogP) is 4.73. The Balaban J connectivity index is 1.85. The molecule has 16 heteroatoms. The molecule has 3 aromatic carbocycles. The standard InChI is InChI=1S/C28H23ClF4N2O8S/c1-41-17-8-10-24(23(13-17)43-28(31,32)33)44(39,40)35-20-9-7-15(29)11-19(20)27(26(35)38,18-5-3-4-6-22(18)42-2)34-14-16(30)12-21(34)25(36)37/h3-11,13,16,21H,12,14H2,1-2H3,(H,36,37)/t16-,21-,27?/m0/s1. The van der Waals surface area contributed by atoms with Crippen molar-refractivity contribution in [2.45, 2.75) is 35.4 Å². The van der Waals surface area contributed by atoms with Crippen LogP contribution in [-0.2, 0) is 25.2 Å². The summed E-state index contributed by atoms with van der Waals surface area (Å²) in [4.78, 5) is 27.3. The van der Waals surface area contributed by atoms with Crippen LogP contribution in [0.1, 0.15) is 17.5 Å². The van der Waals surface area contributed by atoms with Gasteiger partial charge in [-0.1, -0.05) is 29.8 Å². The van der Waals surface area contributed by atoms with Gasteiger partial charge >= 0.3 is 12.3 Å². The Bertz CT molecular complexity index is 1760. The molecule has 44 heavy (non-hydrogen) atoms. The number of carboxylic acids is 1. The monoisotopic (exact) mass is 658 g/mol. The number of fused-ring (bicyclic) bond motifs is 1. The maximum Gasteiger partial charge on any atom is 0.573 e. The molecule has 0 saturated carbocycles. The van der Waals surface area contributed by atoms with Crippen molar-refractivity contribution in [2.75, 3.05) is 25.1 Å². The first-order valence-electron chi connectivity index (χ1n) is 12.8. The van der Waals surface area contributed by atoms with Crippen molar-refractivity contribution in [3.8, 4) is 17.2 Å². The van der Waals surface area contributed by atoms with E-state index in [1.807, 2.05) is 0 Å². The van der Waals surface area contributed by atoms with Crippen LogP contribution >= 0.6 is 11.6 Å². The van der Waals surface area contributed by atoms with Crippen LogP contribution < -0.4 is 18.5 Å². The third-order valence-corrected chi connectivity index (χ3v) is 9.39. The van der Waals surface area contributed by atoms with E-state index in [4.69, 9.17) is 21.1 Å². The lowest BCUT2D eigenvalue weighted by Crippen LogP contribution is -2.58. The van der Waals surface area contributed by atoms with Crippen molar-refractivity contribution in [1.82, 2.24) is 4.90 Å². The van der Waals surface area contributed by atoms with E-state index in [1.165, 1.54) is 43.5 Å². The minimum absolute atomic E-state index is 0.00322. The lowest BCUT2D eigenvalue weighted by Gasteiger charge is -2.40. The number of aliphatic carboxylic acids is 1. The van der Waals surface area contributed by atoms with Crippen LogP contribution in [0.25, 0.3) is 0 Å². The number of likely N-dealkylation sites (tertiary alicyclic amines) is 1. The van der Waals surface area contributed by atoms with Gasteiger partial charge in [-0.3, -0.25) is 14.5 Å². The largest absolute Gasteiger partial charge is 0.573 e. The van der Waals surface area contributed by atoms with Crippen molar-refractivity contribution < 1.29 is 54.9 Å². The molecule has 0 radical (unpaired) electrons. The molecule has 3 aromatic rings. The number of benzene rings is 3. The molecule has 1 saturated heterocycles. The summed E-state index contributed by atoms with van der Waals surface area (Å²) in [5.41, 5.74) is -2.93. The van der Waals surface area contributed by atoms with Gasteiger partial charge in [0.2, 0.25) is 0 Å². The van der Waals surface area contributed by atoms with Gasteiger partial charge in [-0.15, -0.1) is 13.2 Å². The molecule has 1 fully saturated rings. The van der Waals surface area contributed by atoms with Crippen LogP contribution in [0.2, 0.25) is 5.02 Å². The van der Waals surface area contributed by atoms with Gasteiger partial charge < -0.3 is 19.3 Å². The Labute approximate surface area is 253 Å². The zero-order valence-corrected chi connectivity index (χ0v) is 24.4. The fraction of sp³-hybridized carbons (Fsp3) is 0.286. The van der Waals surface area contributed by atoms with Gasteiger partial charge in [0.25, 0.3) is 15.9 Å². The number of sulfonamides is 1. The van der Waals surface area contributed by atoms with Crippen LogP contribution in [0.5, 0.6) is 17.2 Å². The molecule has 10 nitrogen and oxygen atoms in total. The molecular weight excluding hydrogens is 636 g/mol. The van der Waals surface area contributed by atoms with E-state index in [9.17, 15) is 36.3 Å². The smallest absolute Gasteiger partial charge is 0.497 e. The van der Waals surface area contributed by atoms with E-state index >= 15 is 4.39 Å². The molecule has 1 unspecified atom stereocenters. The fourth-order valence-corrected chi connectivity index (χ4v) is 7.47. The number of methoxy groups -OCH3 is 2. The molecule has 5 rings (SSSR count). The number of amides is 1. The lowest BCUT2D eigenvalue weighted by molar-refractivity contribution is -0.275. The number of alkyl halides is 4. The number of carboxylic acid groups (broad SMARTS) is 1. The second kappa shape index (κ2) is 11.1. The average molecular weight is 659 g/mol. The molecular formula is C28H23ClF4N2O8S. The molecule has 2 aliphatic rings. The maximum absolute atomic E-state index is 15.0. The van der Waals surface area contributed by atoms with Gasteiger partial charge in [0.15, 0.2) is 11.3 Å². The summed E-state index contributed by atoms with van der Waals surface area (Å²) in [6.07, 6.45) is -7.61. The fourth-order valence-electron chi connectivity index (χ4n) is 5.74. The van der Waals surface area contributed by atoms with Crippen molar-refractivity contribution in [3.63, 3.8) is 0 Å². The first kappa shape index (κ1) is 31.3. The number of para-hydroxylation sites is 1. The Morgan fingerprint density at radius 1 is 1.02 bits per heavy atom. The van der Waals surface area contributed by atoms with E-state index in [-0.39, 0.29) is 37.6 Å². The average Bonchev–Trinajstić information content (AvgIpc) is 3.47. The predicted molar refractivity (Wildman–Crippen MR) is 147 cm³/mol. The molecule has 1 N–H and O–H groups in total. The topological polar surface area (TPSA) is 123 Å². The summed E-state index contributed by atoms with van der Waals surface area (Å²) in [5, 5.41) is 10.1. The minimum Gasteiger partial charge on any atom is -0.497 e. The van der Waals surface area contributed by atoms with E-state index in [0.29, 0.717) is 6.07 Å². The molecule has 0 aromatic heterocycles.